The van der Waals surface area contributed by atoms with Crippen molar-refractivity contribution >= 4 is 5.82 Å². The second-order valence-electron chi connectivity index (χ2n) is 3.83. The first-order valence-electron chi connectivity index (χ1n) is 5.80. The third-order valence-electron chi connectivity index (χ3n) is 2.32. The van der Waals surface area contributed by atoms with Crippen LogP contribution in [0, 0.1) is 6.92 Å². The Morgan fingerprint density at radius 1 is 1.18 bits per heavy atom. The molecule has 2 aromatic rings. The molecule has 2 rings (SSSR count). The van der Waals surface area contributed by atoms with E-state index in [0.29, 0.717) is 0 Å². The molecule has 4 nitrogen and oxygen atoms in total. The Morgan fingerprint density at radius 2 is 2.06 bits per heavy atom. The average molecular weight is 228 g/mol. The average Bonchev–Trinajstić information content (AvgIpc) is 2.37. The van der Waals surface area contributed by atoms with Crippen molar-refractivity contribution in [2.75, 3.05) is 11.9 Å². The lowest BCUT2D eigenvalue weighted by molar-refractivity contribution is 0.954. The standard InChI is InChI=1S/C13H16N4/c1-3-7-15-13-9-12(16-10(2)17-13)11-6-4-5-8-14-11/h4-6,8-9H,3,7H2,1-2H3,(H,15,16,17). The van der Waals surface area contributed by atoms with Crippen molar-refractivity contribution in [3.05, 3.63) is 36.3 Å². The van der Waals surface area contributed by atoms with Gasteiger partial charge in [-0.05, 0) is 25.5 Å². The van der Waals surface area contributed by atoms with E-state index in [1.54, 1.807) is 6.20 Å². The van der Waals surface area contributed by atoms with Crippen molar-refractivity contribution in [3.8, 4) is 11.4 Å². The minimum atomic E-state index is 0.756. The molecule has 0 amide bonds. The van der Waals surface area contributed by atoms with E-state index in [1.807, 2.05) is 31.2 Å². The molecule has 0 unspecified atom stereocenters. The first-order chi connectivity index (χ1) is 8.29. The number of rotatable bonds is 4. The fraction of sp³-hybridized carbons (Fsp3) is 0.308. The summed E-state index contributed by atoms with van der Waals surface area (Å²) in [5.41, 5.74) is 1.73. The van der Waals surface area contributed by atoms with Crippen LogP contribution in [0.3, 0.4) is 0 Å². The Balaban J connectivity index is 2.32. The molecule has 2 aromatic heterocycles. The van der Waals surface area contributed by atoms with Gasteiger partial charge in [0.25, 0.3) is 0 Å². The minimum Gasteiger partial charge on any atom is -0.370 e. The maximum atomic E-state index is 4.40. The monoisotopic (exact) mass is 228 g/mol. The minimum absolute atomic E-state index is 0.756. The Kier molecular flexibility index (Phi) is 3.65. The normalized spacial score (nSPS) is 10.2. The van der Waals surface area contributed by atoms with Gasteiger partial charge < -0.3 is 5.32 Å². The van der Waals surface area contributed by atoms with E-state index in [9.17, 15) is 0 Å². The summed E-state index contributed by atoms with van der Waals surface area (Å²) in [6.07, 6.45) is 2.84. The molecular weight excluding hydrogens is 212 g/mol. The zero-order valence-corrected chi connectivity index (χ0v) is 10.1. The number of pyridine rings is 1. The molecule has 0 aliphatic heterocycles. The Bertz CT molecular complexity index is 482. The van der Waals surface area contributed by atoms with Gasteiger partial charge in [-0.15, -0.1) is 0 Å². The summed E-state index contributed by atoms with van der Waals surface area (Å²) in [6, 6.07) is 7.74. The van der Waals surface area contributed by atoms with Crippen LogP contribution in [0.25, 0.3) is 11.4 Å². The molecule has 0 atom stereocenters. The lowest BCUT2D eigenvalue weighted by Gasteiger charge is -2.07. The quantitative estimate of drug-likeness (QED) is 0.874. The van der Waals surface area contributed by atoms with E-state index >= 15 is 0 Å². The summed E-state index contributed by atoms with van der Waals surface area (Å²) in [7, 11) is 0. The lowest BCUT2D eigenvalue weighted by atomic mass is 10.2. The molecule has 0 aliphatic carbocycles. The molecule has 0 radical (unpaired) electrons. The first kappa shape index (κ1) is 11.5. The zero-order chi connectivity index (χ0) is 12.1. The van der Waals surface area contributed by atoms with Crippen molar-refractivity contribution in [2.45, 2.75) is 20.3 Å². The number of anilines is 1. The molecule has 0 bridgehead atoms. The number of aryl methyl sites for hydroxylation is 1. The predicted molar refractivity (Wildman–Crippen MR) is 68.8 cm³/mol. The molecule has 1 N–H and O–H groups in total. The number of hydrogen-bond donors (Lipinski definition) is 1. The van der Waals surface area contributed by atoms with Crippen LogP contribution >= 0.6 is 0 Å². The van der Waals surface area contributed by atoms with E-state index in [0.717, 1.165) is 36.0 Å². The van der Waals surface area contributed by atoms with Gasteiger partial charge in [-0.25, -0.2) is 9.97 Å². The third-order valence-corrected chi connectivity index (χ3v) is 2.32. The van der Waals surface area contributed by atoms with Crippen LogP contribution < -0.4 is 5.32 Å². The molecular formula is C13H16N4. The van der Waals surface area contributed by atoms with E-state index in [2.05, 4.69) is 27.2 Å². The van der Waals surface area contributed by atoms with Crippen molar-refractivity contribution < 1.29 is 0 Å². The van der Waals surface area contributed by atoms with Crippen LogP contribution in [0.5, 0.6) is 0 Å². The highest BCUT2D eigenvalue weighted by atomic mass is 15.0. The lowest BCUT2D eigenvalue weighted by Crippen LogP contribution is -2.04. The SMILES string of the molecule is CCCNc1cc(-c2ccccn2)nc(C)n1. The maximum absolute atomic E-state index is 4.40. The van der Waals surface area contributed by atoms with E-state index < -0.39 is 0 Å². The van der Waals surface area contributed by atoms with Crippen LogP contribution in [0.15, 0.2) is 30.5 Å². The second kappa shape index (κ2) is 5.39. The summed E-state index contributed by atoms with van der Waals surface area (Å²) in [6.45, 7) is 4.93. The predicted octanol–water partition coefficient (Wildman–Crippen LogP) is 2.67. The van der Waals surface area contributed by atoms with Crippen molar-refractivity contribution in [2.24, 2.45) is 0 Å². The molecule has 0 saturated carbocycles. The van der Waals surface area contributed by atoms with Gasteiger partial charge in [0, 0.05) is 18.8 Å². The van der Waals surface area contributed by atoms with Gasteiger partial charge in [0.15, 0.2) is 0 Å². The fourth-order valence-corrected chi connectivity index (χ4v) is 1.56. The van der Waals surface area contributed by atoms with Gasteiger partial charge in [-0.1, -0.05) is 13.0 Å². The highest BCUT2D eigenvalue weighted by Crippen LogP contribution is 2.17. The zero-order valence-electron chi connectivity index (χ0n) is 10.1. The van der Waals surface area contributed by atoms with Crippen molar-refractivity contribution in [1.29, 1.82) is 0 Å². The highest BCUT2D eigenvalue weighted by Gasteiger charge is 2.04. The molecule has 0 saturated heterocycles. The van der Waals surface area contributed by atoms with Crippen molar-refractivity contribution in [1.82, 2.24) is 15.0 Å². The van der Waals surface area contributed by atoms with Gasteiger partial charge >= 0.3 is 0 Å². The maximum Gasteiger partial charge on any atom is 0.130 e. The van der Waals surface area contributed by atoms with Crippen LogP contribution in [0.2, 0.25) is 0 Å². The van der Waals surface area contributed by atoms with Crippen LogP contribution in [-0.4, -0.2) is 21.5 Å². The molecule has 0 aliphatic rings. The highest BCUT2D eigenvalue weighted by molar-refractivity contribution is 5.58. The Labute approximate surface area is 101 Å². The van der Waals surface area contributed by atoms with E-state index in [1.165, 1.54) is 0 Å². The smallest absolute Gasteiger partial charge is 0.130 e. The molecule has 4 heteroatoms. The van der Waals surface area contributed by atoms with Gasteiger partial charge in [0.1, 0.15) is 11.6 Å². The molecule has 0 aromatic carbocycles. The first-order valence-corrected chi connectivity index (χ1v) is 5.80. The van der Waals surface area contributed by atoms with Gasteiger partial charge in [-0.2, -0.15) is 0 Å². The Hall–Kier alpha value is -1.97. The summed E-state index contributed by atoms with van der Waals surface area (Å²) < 4.78 is 0. The number of nitrogens with one attached hydrogen (secondary N) is 1. The molecule has 0 fully saturated rings. The summed E-state index contributed by atoms with van der Waals surface area (Å²) in [5.74, 6) is 1.62. The van der Waals surface area contributed by atoms with Gasteiger partial charge in [-0.3, -0.25) is 4.98 Å². The summed E-state index contributed by atoms with van der Waals surface area (Å²) in [4.78, 5) is 13.0. The molecule has 0 spiro atoms. The largest absolute Gasteiger partial charge is 0.370 e. The second-order valence-corrected chi connectivity index (χ2v) is 3.83. The van der Waals surface area contributed by atoms with Crippen LogP contribution in [0.1, 0.15) is 19.2 Å². The number of nitrogens with zero attached hydrogens (tertiary/aromatic N) is 3. The molecule has 17 heavy (non-hydrogen) atoms. The van der Waals surface area contributed by atoms with Crippen LogP contribution in [-0.2, 0) is 0 Å². The molecule has 2 heterocycles. The summed E-state index contributed by atoms with van der Waals surface area (Å²) >= 11 is 0. The topological polar surface area (TPSA) is 50.7 Å². The number of aromatic nitrogens is 3. The van der Waals surface area contributed by atoms with Crippen molar-refractivity contribution in [3.63, 3.8) is 0 Å². The van der Waals surface area contributed by atoms with Crippen LogP contribution in [0.4, 0.5) is 5.82 Å². The number of hydrogen-bond acceptors (Lipinski definition) is 4. The summed E-state index contributed by atoms with van der Waals surface area (Å²) in [5, 5.41) is 3.27. The van der Waals surface area contributed by atoms with E-state index in [-0.39, 0.29) is 0 Å². The molecule has 88 valence electrons. The fourth-order valence-electron chi connectivity index (χ4n) is 1.56. The van der Waals surface area contributed by atoms with E-state index in [4.69, 9.17) is 0 Å². The Morgan fingerprint density at radius 3 is 2.76 bits per heavy atom. The third kappa shape index (κ3) is 3.00. The van der Waals surface area contributed by atoms with Gasteiger partial charge in [0.2, 0.25) is 0 Å². The van der Waals surface area contributed by atoms with Gasteiger partial charge in [0.05, 0.1) is 11.4 Å².